The fraction of sp³-hybridized carbons (Fsp3) is 0.455. The molecule has 1 aromatic carbocycles. The molecule has 0 fully saturated rings. The van der Waals surface area contributed by atoms with Gasteiger partial charge in [-0.25, -0.2) is 8.78 Å². The number of nitrogens with zero attached hydrogens (tertiary/aromatic N) is 1. The Hall–Kier alpha value is -1.40. The molecule has 0 aliphatic rings. The van der Waals surface area contributed by atoms with E-state index in [1.54, 1.807) is 0 Å². The van der Waals surface area contributed by atoms with E-state index in [0.717, 1.165) is 6.07 Å². The second kappa shape index (κ2) is 5.79. The molecule has 0 aliphatic carbocycles. The Kier molecular flexibility index (Phi) is 4.65. The zero-order chi connectivity index (χ0) is 13.0. The minimum atomic E-state index is -1.02. The topological polar surface area (TPSA) is 58.7 Å². The van der Waals surface area contributed by atoms with Crippen molar-refractivity contribution in [2.45, 2.75) is 6.10 Å². The van der Waals surface area contributed by atoms with E-state index in [2.05, 4.69) is 0 Å². The molecule has 0 spiro atoms. The number of aliphatic hydroxyl groups excluding tert-OH is 1. The monoisotopic (exact) mass is 246 g/mol. The third-order valence-electron chi connectivity index (χ3n) is 2.33. The van der Waals surface area contributed by atoms with Crippen LogP contribution in [0.25, 0.3) is 0 Å². The molecular weight excluding hydrogens is 230 g/mol. The van der Waals surface area contributed by atoms with Gasteiger partial charge in [-0.3, -0.25) is 0 Å². The number of nitrogens with two attached hydrogens (primary N) is 1. The number of ether oxygens (including phenoxy) is 1. The third-order valence-corrected chi connectivity index (χ3v) is 2.33. The third kappa shape index (κ3) is 3.28. The highest BCUT2D eigenvalue weighted by atomic mass is 19.2. The first kappa shape index (κ1) is 13.7. The van der Waals surface area contributed by atoms with Gasteiger partial charge in [0, 0.05) is 20.7 Å². The maximum atomic E-state index is 13.5. The van der Waals surface area contributed by atoms with Gasteiger partial charge < -0.3 is 20.5 Å². The van der Waals surface area contributed by atoms with Crippen molar-refractivity contribution >= 4 is 11.4 Å². The first-order valence-corrected chi connectivity index (χ1v) is 5.09. The first-order valence-electron chi connectivity index (χ1n) is 5.09. The van der Waals surface area contributed by atoms with Gasteiger partial charge in [-0.1, -0.05) is 0 Å². The summed E-state index contributed by atoms with van der Waals surface area (Å²) in [5.41, 5.74) is 5.65. The normalized spacial score (nSPS) is 12.5. The van der Waals surface area contributed by atoms with Crippen molar-refractivity contribution in [3.05, 3.63) is 23.8 Å². The molecule has 1 rings (SSSR count). The van der Waals surface area contributed by atoms with Crippen molar-refractivity contribution in [1.82, 2.24) is 0 Å². The average molecular weight is 246 g/mol. The van der Waals surface area contributed by atoms with E-state index in [0.29, 0.717) is 0 Å². The van der Waals surface area contributed by atoms with Crippen LogP contribution in [0.2, 0.25) is 0 Å². The lowest BCUT2D eigenvalue weighted by Gasteiger charge is -2.24. The van der Waals surface area contributed by atoms with Crippen molar-refractivity contribution in [1.29, 1.82) is 0 Å². The smallest absolute Gasteiger partial charge is 0.184 e. The molecular formula is C11H16F2N2O2. The number of hydrogen-bond donors (Lipinski definition) is 2. The Morgan fingerprint density at radius 2 is 2.12 bits per heavy atom. The summed E-state index contributed by atoms with van der Waals surface area (Å²) in [6.45, 7) is 0.208. The maximum Gasteiger partial charge on any atom is 0.184 e. The van der Waals surface area contributed by atoms with E-state index in [1.807, 2.05) is 0 Å². The number of methoxy groups -OCH3 is 1. The van der Waals surface area contributed by atoms with Crippen molar-refractivity contribution in [2.24, 2.45) is 0 Å². The summed E-state index contributed by atoms with van der Waals surface area (Å²) >= 11 is 0. The van der Waals surface area contributed by atoms with Gasteiger partial charge in [0.05, 0.1) is 24.1 Å². The zero-order valence-corrected chi connectivity index (χ0v) is 9.78. The SMILES string of the molecule is COCC(O)CN(C)c1c(N)ccc(F)c1F. The molecule has 6 heteroatoms. The van der Waals surface area contributed by atoms with Crippen LogP contribution in [0, 0.1) is 11.6 Å². The van der Waals surface area contributed by atoms with Crippen LogP contribution < -0.4 is 10.6 Å². The van der Waals surface area contributed by atoms with Crippen LogP contribution in [0.3, 0.4) is 0 Å². The molecule has 0 amide bonds. The van der Waals surface area contributed by atoms with Gasteiger partial charge in [0.25, 0.3) is 0 Å². The van der Waals surface area contributed by atoms with Crippen LogP contribution in [0.15, 0.2) is 12.1 Å². The second-order valence-corrected chi connectivity index (χ2v) is 3.79. The number of likely N-dealkylation sites (N-methyl/N-ethyl adjacent to an activating group) is 1. The van der Waals surface area contributed by atoms with Gasteiger partial charge in [0.15, 0.2) is 11.6 Å². The van der Waals surface area contributed by atoms with Gasteiger partial charge in [-0.15, -0.1) is 0 Å². The molecule has 0 bridgehead atoms. The number of nitrogen functional groups attached to an aromatic ring is 1. The maximum absolute atomic E-state index is 13.5. The summed E-state index contributed by atoms with van der Waals surface area (Å²) in [5.74, 6) is -1.99. The molecule has 0 radical (unpaired) electrons. The van der Waals surface area contributed by atoms with Crippen LogP contribution in [-0.2, 0) is 4.74 Å². The van der Waals surface area contributed by atoms with E-state index in [4.69, 9.17) is 10.5 Å². The van der Waals surface area contributed by atoms with Gasteiger partial charge in [0.1, 0.15) is 0 Å². The Labute approximate surface area is 98.6 Å². The van der Waals surface area contributed by atoms with Gasteiger partial charge >= 0.3 is 0 Å². The summed E-state index contributed by atoms with van der Waals surface area (Å²) in [7, 11) is 2.97. The minimum Gasteiger partial charge on any atom is -0.397 e. The van der Waals surface area contributed by atoms with Gasteiger partial charge in [-0.05, 0) is 12.1 Å². The van der Waals surface area contributed by atoms with E-state index in [-0.39, 0.29) is 24.5 Å². The Bertz CT molecular complexity index is 388. The van der Waals surface area contributed by atoms with Gasteiger partial charge in [0.2, 0.25) is 0 Å². The van der Waals surface area contributed by atoms with E-state index in [9.17, 15) is 13.9 Å². The van der Waals surface area contributed by atoms with E-state index < -0.39 is 17.7 Å². The minimum absolute atomic E-state index is 0.0554. The first-order chi connectivity index (χ1) is 7.97. The zero-order valence-electron chi connectivity index (χ0n) is 9.78. The van der Waals surface area contributed by atoms with Crippen LogP contribution in [-0.4, -0.2) is 38.5 Å². The summed E-state index contributed by atoms with van der Waals surface area (Å²) in [6, 6.07) is 2.25. The molecule has 0 saturated heterocycles. The number of halogens is 2. The lowest BCUT2D eigenvalue weighted by Crippen LogP contribution is -2.33. The molecule has 4 nitrogen and oxygen atoms in total. The summed E-state index contributed by atoms with van der Waals surface area (Å²) in [6.07, 6.45) is -0.799. The van der Waals surface area contributed by atoms with Crippen molar-refractivity contribution < 1.29 is 18.6 Å². The molecule has 1 atom stereocenters. The van der Waals surface area contributed by atoms with Crippen molar-refractivity contribution in [2.75, 3.05) is 37.9 Å². The van der Waals surface area contributed by atoms with Crippen LogP contribution in [0.4, 0.5) is 20.2 Å². The predicted molar refractivity (Wildman–Crippen MR) is 61.9 cm³/mol. The number of rotatable bonds is 5. The van der Waals surface area contributed by atoms with Gasteiger partial charge in [-0.2, -0.15) is 0 Å². The highest BCUT2D eigenvalue weighted by molar-refractivity contribution is 5.68. The summed E-state index contributed by atoms with van der Waals surface area (Å²) in [5, 5.41) is 9.51. The number of hydrogen-bond acceptors (Lipinski definition) is 4. The fourth-order valence-corrected chi connectivity index (χ4v) is 1.60. The Morgan fingerprint density at radius 1 is 1.47 bits per heavy atom. The molecule has 0 saturated carbocycles. The van der Waals surface area contributed by atoms with Crippen LogP contribution >= 0.6 is 0 Å². The van der Waals surface area contributed by atoms with E-state index >= 15 is 0 Å². The Morgan fingerprint density at radius 3 is 2.71 bits per heavy atom. The van der Waals surface area contributed by atoms with Crippen molar-refractivity contribution in [3.8, 4) is 0 Å². The standard InChI is InChI=1S/C11H16F2N2O2/c1-15(5-7(16)6-17-2)11-9(14)4-3-8(12)10(11)13/h3-4,7,16H,5-6,14H2,1-2H3. The highest BCUT2D eigenvalue weighted by Gasteiger charge is 2.17. The lowest BCUT2D eigenvalue weighted by atomic mass is 10.2. The number of aliphatic hydroxyl groups is 1. The molecule has 3 N–H and O–H groups in total. The lowest BCUT2D eigenvalue weighted by molar-refractivity contribution is 0.0694. The number of anilines is 2. The van der Waals surface area contributed by atoms with Crippen LogP contribution in [0.5, 0.6) is 0 Å². The highest BCUT2D eigenvalue weighted by Crippen LogP contribution is 2.27. The molecule has 0 heterocycles. The quantitative estimate of drug-likeness (QED) is 0.761. The van der Waals surface area contributed by atoms with Crippen molar-refractivity contribution in [3.63, 3.8) is 0 Å². The van der Waals surface area contributed by atoms with Crippen LogP contribution in [0.1, 0.15) is 0 Å². The molecule has 1 unspecified atom stereocenters. The number of benzene rings is 1. The fourth-order valence-electron chi connectivity index (χ4n) is 1.60. The predicted octanol–water partition coefficient (Wildman–Crippen LogP) is 0.990. The molecule has 96 valence electrons. The molecule has 17 heavy (non-hydrogen) atoms. The summed E-state index contributed by atoms with van der Waals surface area (Å²) in [4.78, 5) is 1.36. The summed E-state index contributed by atoms with van der Waals surface area (Å²) < 4.78 is 31.3. The second-order valence-electron chi connectivity index (χ2n) is 3.79. The Balaban J connectivity index is 2.88. The molecule has 1 aromatic rings. The molecule has 0 aliphatic heterocycles. The van der Waals surface area contributed by atoms with E-state index in [1.165, 1.54) is 25.1 Å². The average Bonchev–Trinajstić information content (AvgIpc) is 2.24. The molecule has 0 aromatic heterocycles. The largest absolute Gasteiger partial charge is 0.397 e.